The maximum atomic E-state index is 12.8. The summed E-state index contributed by atoms with van der Waals surface area (Å²) in [6.45, 7) is 2.46. The molecule has 2 aliphatic heterocycles. The summed E-state index contributed by atoms with van der Waals surface area (Å²) in [6, 6.07) is 0. The molecule has 0 spiro atoms. The number of hydrogen-bond acceptors (Lipinski definition) is 8. The van der Waals surface area contributed by atoms with E-state index < -0.39 is 0 Å². The van der Waals surface area contributed by atoms with Crippen molar-refractivity contribution in [1.29, 1.82) is 0 Å². The van der Waals surface area contributed by atoms with Gasteiger partial charge in [-0.05, 0) is 0 Å². The van der Waals surface area contributed by atoms with E-state index in [1.807, 2.05) is 4.90 Å². The van der Waals surface area contributed by atoms with E-state index in [0.717, 1.165) is 0 Å². The minimum Gasteiger partial charge on any atom is -0.494 e. The highest BCUT2D eigenvalue weighted by atomic mass is 16.6. The van der Waals surface area contributed by atoms with Crippen LogP contribution in [0.2, 0.25) is 0 Å². The molecule has 4 rings (SSSR count). The predicted octanol–water partition coefficient (Wildman–Crippen LogP) is -1.30. The second kappa shape index (κ2) is 8.43. The van der Waals surface area contributed by atoms with Gasteiger partial charge in [0.2, 0.25) is 17.6 Å². The fraction of sp³-hybridized carbons (Fsp3) is 0.500. The van der Waals surface area contributed by atoms with Gasteiger partial charge in [-0.1, -0.05) is 0 Å². The Morgan fingerprint density at radius 2 is 2.03 bits per heavy atom. The molecule has 12 nitrogen and oxygen atoms in total. The summed E-state index contributed by atoms with van der Waals surface area (Å²) in [5.41, 5.74) is 0.163. The highest BCUT2D eigenvalue weighted by Crippen LogP contribution is 2.13. The van der Waals surface area contributed by atoms with E-state index in [9.17, 15) is 14.4 Å². The number of aromatic amines is 1. The number of rotatable bonds is 2. The van der Waals surface area contributed by atoms with Gasteiger partial charge >= 0.3 is 0 Å². The lowest BCUT2D eigenvalue weighted by atomic mass is 10.3. The lowest BCUT2D eigenvalue weighted by Crippen LogP contribution is -2.46. The van der Waals surface area contributed by atoms with Gasteiger partial charge in [-0.15, -0.1) is 0 Å². The Morgan fingerprint density at radius 1 is 1.17 bits per heavy atom. The van der Waals surface area contributed by atoms with Crippen LogP contribution in [-0.4, -0.2) is 82.4 Å². The zero-order valence-corrected chi connectivity index (χ0v) is 16.6. The van der Waals surface area contributed by atoms with Crippen LogP contribution in [0.3, 0.4) is 0 Å². The number of anilines is 1. The van der Waals surface area contributed by atoms with Crippen molar-refractivity contribution in [3.63, 3.8) is 0 Å². The molecular weight excluding hydrogens is 394 g/mol. The molecule has 160 valence electrons. The minimum absolute atomic E-state index is 0.119. The number of amides is 2. The predicted molar refractivity (Wildman–Crippen MR) is 106 cm³/mol. The summed E-state index contributed by atoms with van der Waals surface area (Å²) in [6.07, 6.45) is 2.96. The lowest BCUT2D eigenvalue weighted by molar-refractivity contribution is -0.133. The topological polar surface area (TPSA) is 135 Å². The minimum atomic E-state index is -0.341. The van der Waals surface area contributed by atoms with E-state index in [1.165, 1.54) is 17.1 Å². The molecule has 2 aromatic heterocycles. The summed E-state index contributed by atoms with van der Waals surface area (Å²) in [5, 5.41) is 7.29. The van der Waals surface area contributed by atoms with Gasteiger partial charge in [0.25, 0.3) is 11.5 Å². The Balaban J connectivity index is 1.59. The number of carbonyl (C=O) groups excluding carboxylic acids is 2. The molecule has 1 saturated heterocycles. The van der Waals surface area contributed by atoms with Crippen LogP contribution in [0.4, 0.5) is 5.95 Å². The van der Waals surface area contributed by atoms with Crippen LogP contribution in [0.1, 0.15) is 6.42 Å². The molecule has 0 atom stereocenters. The number of fused-ring (bicyclic) bond motifs is 1. The van der Waals surface area contributed by atoms with Gasteiger partial charge in [0.15, 0.2) is 5.65 Å². The Labute approximate surface area is 171 Å². The van der Waals surface area contributed by atoms with Crippen molar-refractivity contribution in [2.24, 2.45) is 7.05 Å². The van der Waals surface area contributed by atoms with Crippen molar-refractivity contribution in [1.82, 2.24) is 30.0 Å². The van der Waals surface area contributed by atoms with Gasteiger partial charge in [0, 0.05) is 46.2 Å². The van der Waals surface area contributed by atoms with E-state index in [4.69, 9.17) is 9.47 Å². The van der Waals surface area contributed by atoms with Crippen LogP contribution >= 0.6 is 0 Å². The van der Waals surface area contributed by atoms with Crippen LogP contribution in [0, 0.1) is 0 Å². The van der Waals surface area contributed by atoms with Crippen LogP contribution in [0.15, 0.2) is 23.0 Å². The van der Waals surface area contributed by atoms with Gasteiger partial charge in [-0.2, -0.15) is 10.1 Å². The highest BCUT2D eigenvalue weighted by Gasteiger charge is 2.25. The largest absolute Gasteiger partial charge is 0.494 e. The lowest BCUT2D eigenvalue weighted by Gasteiger charge is -2.30. The number of aryl methyl sites for hydroxylation is 1. The van der Waals surface area contributed by atoms with E-state index in [2.05, 4.69) is 20.4 Å². The van der Waals surface area contributed by atoms with Gasteiger partial charge in [-0.3, -0.25) is 24.0 Å². The van der Waals surface area contributed by atoms with Crippen molar-refractivity contribution in [2.45, 2.75) is 6.42 Å². The summed E-state index contributed by atoms with van der Waals surface area (Å²) in [4.78, 5) is 48.0. The summed E-state index contributed by atoms with van der Waals surface area (Å²) >= 11 is 0. The monoisotopic (exact) mass is 417 g/mol. The third kappa shape index (κ3) is 4.07. The molecule has 0 unspecified atom stereocenters. The standard InChI is InChI=1S/C18H23N7O5/c1-23-15-12(10-20-23)16(27)22-18(21-15)25-5-3-19-14(26)2-4-24(6-7-25)17(28)13-11-29-8-9-30-13/h10-11H,2-9H2,1H3,(H,19,26)(H,21,22,27). The number of ether oxygens (including phenoxy) is 2. The number of carbonyl (C=O) groups is 2. The average molecular weight is 417 g/mol. The third-order valence-corrected chi connectivity index (χ3v) is 4.99. The van der Waals surface area contributed by atoms with E-state index >= 15 is 0 Å². The molecule has 4 heterocycles. The van der Waals surface area contributed by atoms with E-state index in [1.54, 1.807) is 11.9 Å². The molecule has 2 amide bonds. The van der Waals surface area contributed by atoms with Crippen molar-refractivity contribution >= 4 is 28.8 Å². The Morgan fingerprint density at radius 3 is 2.83 bits per heavy atom. The second-order valence-corrected chi connectivity index (χ2v) is 6.98. The molecule has 2 aromatic rings. The van der Waals surface area contributed by atoms with Crippen LogP contribution in [-0.2, 0) is 26.1 Å². The van der Waals surface area contributed by atoms with Crippen LogP contribution < -0.4 is 15.8 Å². The first kappa shape index (κ1) is 19.7. The maximum absolute atomic E-state index is 12.8. The molecule has 2 aliphatic rings. The fourth-order valence-electron chi connectivity index (χ4n) is 3.34. The highest BCUT2D eigenvalue weighted by molar-refractivity contribution is 5.91. The molecule has 0 aliphatic carbocycles. The van der Waals surface area contributed by atoms with Crippen molar-refractivity contribution in [2.75, 3.05) is 50.8 Å². The first-order chi connectivity index (χ1) is 14.5. The quantitative estimate of drug-likeness (QED) is 0.616. The van der Waals surface area contributed by atoms with E-state index in [-0.39, 0.29) is 36.1 Å². The van der Waals surface area contributed by atoms with Crippen LogP contribution in [0.5, 0.6) is 0 Å². The number of nitrogens with one attached hydrogen (secondary N) is 2. The van der Waals surface area contributed by atoms with Gasteiger partial charge < -0.3 is 24.6 Å². The zero-order chi connectivity index (χ0) is 21.1. The van der Waals surface area contributed by atoms with Gasteiger partial charge in [0.05, 0.1) is 6.20 Å². The van der Waals surface area contributed by atoms with Crippen molar-refractivity contribution in [3.8, 4) is 0 Å². The SMILES string of the molecule is Cn1ncc2c(=O)[nH]c(N3CCNC(=O)CCN(C(=O)C4=COCCO4)CC3)nc21. The summed E-state index contributed by atoms with van der Waals surface area (Å²) in [7, 11) is 1.71. The molecule has 0 bridgehead atoms. The Bertz CT molecular complexity index is 1040. The molecule has 0 radical (unpaired) electrons. The normalized spacial score (nSPS) is 18.3. The number of aromatic nitrogens is 4. The molecule has 0 saturated carbocycles. The number of nitrogens with zero attached hydrogens (tertiary/aromatic N) is 5. The molecule has 1 fully saturated rings. The molecule has 2 N–H and O–H groups in total. The average Bonchev–Trinajstić information content (AvgIpc) is 3.14. The molecule has 12 heteroatoms. The van der Waals surface area contributed by atoms with Gasteiger partial charge in [-0.25, -0.2) is 0 Å². The maximum Gasteiger partial charge on any atom is 0.292 e. The Kier molecular flexibility index (Phi) is 5.55. The first-order valence-corrected chi connectivity index (χ1v) is 9.70. The first-order valence-electron chi connectivity index (χ1n) is 9.70. The molecular formula is C18H23N7O5. The number of hydrogen-bond donors (Lipinski definition) is 2. The second-order valence-electron chi connectivity index (χ2n) is 6.98. The van der Waals surface area contributed by atoms with Crippen molar-refractivity contribution < 1.29 is 19.1 Å². The van der Waals surface area contributed by atoms with Crippen molar-refractivity contribution in [3.05, 3.63) is 28.6 Å². The van der Waals surface area contributed by atoms with E-state index in [0.29, 0.717) is 56.4 Å². The van der Waals surface area contributed by atoms with Gasteiger partial charge in [0.1, 0.15) is 24.9 Å². The smallest absolute Gasteiger partial charge is 0.292 e. The summed E-state index contributed by atoms with van der Waals surface area (Å²) in [5.74, 6) is -0.0255. The molecule has 30 heavy (non-hydrogen) atoms. The zero-order valence-electron chi connectivity index (χ0n) is 16.6. The molecule has 0 aromatic carbocycles. The van der Waals surface area contributed by atoms with Crippen LogP contribution in [0.25, 0.3) is 11.0 Å². The number of H-pyrrole nitrogens is 1. The fourth-order valence-corrected chi connectivity index (χ4v) is 3.34. The Hall–Kier alpha value is -3.57. The summed E-state index contributed by atoms with van der Waals surface area (Å²) < 4.78 is 12.1. The third-order valence-electron chi connectivity index (χ3n) is 4.99.